The van der Waals surface area contributed by atoms with Gasteiger partial charge in [-0.25, -0.2) is 0 Å². The molecule has 0 aromatic heterocycles. The van der Waals surface area contributed by atoms with E-state index in [2.05, 4.69) is 48.8 Å². The number of carbonyl (C=O) groups excluding carboxylic acids is 2. The Morgan fingerprint density at radius 2 is 1.95 bits per heavy atom. The maximum atomic E-state index is 13.9. The molecule has 37 heavy (non-hydrogen) atoms. The van der Waals surface area contributed by atoms with Crippen molar-refractivity contribution < 1.29 is 9.59 Å². The van der Waals surface area contributed by atoms with E-state index in [1.165, 1.54) is 16.8 Å². The van der Waals surface area contributed by atoms with Gasteiger partial charge in [-0.3, -0.25) is 14.5 Å². The molecule has 0 radical (unpaired) electrons. The van der Waals surface area contributed by atoms with Crippen LogP contribution in [0.5, 0.6) is 0 Å². The molecule has 196 valence electrons. The summed E-state index contributed by atoms with van der Waals surface area (Å²) in [6, 6.07) is 8.06. The fourth-order valence-electron chi connectivity index (χ4n) is 8.73. The monoisotopic (exact) mass is 518 g/mol. The van der Waals surface area contributed by atoms with Crippen molar-refractivity contribution in [2.75, 3.05) is 37.6 Å². The van der Waals surface area contributed by atoms with E-state index in [0.29, 0.717) is 30.1 Å². The summed E-state index contributed by atoms with van der Waals surface area (Å²) in [5.74, 6) is 2.16. The summed E-state index contributed by atoms with van der Waals surface area (Å²) in [6.45, 7) is 11.2. The van der Waals surface area contributed by atoms with Gasteiger partial charge in [-0.2, -0.15) is 0 Å². The van der Waals surface area contributed by atoms with Gasteiger partial charge in [0.2, 0.25) is 0 Å². The van der Waals surface area contributed by atoms with Crippen LogP contribution in [-0.2, 0) is 9.59 Å². The van der Waals surface area contributed by atoms with Crippen molar-refractivity contribution in [3.63, 3.8) is 0 Å². The second-order valence-electron chi connectivity index (χ2n) is 12.6. The van der Waals surface area contributed by atoms with Gasteiger partial charge in [-0.15, -0.1) is 0 Å². The average Bonchev–Trinajstić information content (AvgIpc) is 3.15. The van der Waals surface area contributed by atoms with Crippen LogP contribution in [0.4, 0.5) is 5.69 Å². The zero-order valence-corrected chi connectivity index (χ0v) is 23.1. The maximum absolute atomic E-state index is 13.9. The van der Waals surface area contributed by atoms with E-state index in [1.807, 2.05) is 24.3 Å². The third-order valence-electron chi connectivity index (χ3n) is 10.6. The minimum atomic E-state index is -0.119. The third-order valence-corrected chi connectivity index (χ3v) is 10.8. The van der Waals surface area contributed by atoms with Gasteiger partial charge >= 0.3 is 0 Å². The van der Waals surface area contributed by atoms with Crippen LogP contribution in [0.15, 0.2) is 59.7 Å². The molecule has 6 atom stereocenters. The molecule has 4 aliphatic carbocycles. The number of rotatable bonds is 4. The predicted molar refractivity (Wildman–Crippen MR) is 150 cm³/mol. The smallest absolute Gasteiger partial charge is 0.178 e. The van der Waals surface area contributed by atoms with Crippen molar-refractivity contribution in [3.8, 4) is 0 Å². The Morgan fingerprint density at radius 3 is 2.70 bits per heavy atom. The summed E-state index contributed by atoms with van der Waals surface area (Å²) in [6.07, 6.45) is 12.5. The summed E-state index contributed by atoms with van der Waals surface area (Å²) in [7, 11) is 0. The van der Waals surface area contributed by atoms with E-state index >= 15 is 0 Å². The lowest BCUT2D eigenvalue weighted by molar-refractivity contribution is -0.129. The molecule has 1 heterocycles. The number of hydrogen-bond donors (Lipinski definition) is 0. The zero-order valence-electron chi connectivity index (χ0n) is 22.4. The van der Waals surface area contributed by atoms with Gasteiger partial charge in [0.15, 0.2) is 11.6 Å². The van der Waals surface area contributed by atoms with Crippen molar-refractivity contribution >= 4 is 28.9 Å². The van der Waals surface area contributed by atoms with Gasteiger partial charge < -0.3 is 4.90 Å². The number of fused-ring (bicyclic) bond motifs is 5. The van der Waals surface area contributed by atoms with Gasteiger partial charge in [0, 0.05) is 48.2 Å². The van der Waals surface area contributed by atoms with Gasteiger partial charge in [0.25, 0.3) is 0 Å². The van der Waals surface area contributed by atoms with Gasteiger partial charge in [-0.1, -0.05) is 54.8 Å². The van der Waals surface area contributed by atoms with Crippen molar-refractivity contribution in [1.29, 1.82) is 0 Å². The summed E-state index contributed by atoms with van der Waals surface area (Å²) in [5, 5.41) is 0.769. The standard InChI is InChI=1S/C32H39ClN2O2/c1-21-17-28-26-8-7-22-18-25(36)9-11-31(22,2)27(26)10-12-32(28,3)30(21)29(37)20-34-13-15-35(16-14-34)24-6-4-5-23(33)19-24/h4-6,9-11,18-19,21,26,28,30H,7-8,12-17,20H2,1-3H3/t21?,26-,28+,30-,31+,32+/m1/s1. The highest BCUT2D eigenvalue weighted by Gasteiger charge is 2.59. The topological polar surface area (TPSA) is 40.6 Å². The zero-order chi connectivity index (χ0) is 25.9. The first-order valence-corrected chi connectivity index (χ1v) is 14.5. The summed E-state index contributed by atoms with van der Waals surface area (Å²) in [5.41, 5.74) is 3.86. The molecule has 1 saturated heterocycles. The highest BCUT2D eigenvalue weighted by molar-refractivity contribution is 6.30. The minimum Gasteiger partial charge on any atom is -0.369 e. The maximum Gasteiger partial charge on any atom is 0.178 e. The number of benzene rings is 1. The van der Waals surface area contributed by atoms with Crippen molar-refractivity contribution in [3.05, 3.63) is 64.7 Å². The van der Waals surface area contributed by atoms with Gasteiger partial charge in [0.1, 0.15) is 0 Å². The predicted octanol–water partition coefficient (Wildman–Crippen LogP) is 6.12. The SMILES string of the molecule is CC1C[C@H]2[C@@H]3CCC4=CC(=O)C=C[C@]4(C)C3=CC[C@]2(C)[C@H]1C(=O)CN1CCN(c2cccc(Cl)c2)CC1. The number of ketones is 2. The quantitative estimate of drug-likeness (QED) is 0.450. The van der Waals surface area contributed by atoms with Crippen LogP contribution in [0.25, 0.3) is 0 Å². The van der Waals surface area contributed by atoms with E-state index in [9.17, 15) is 9.59 Å². The second-order valence-corrected chi connectivity index (χ2v) is 13.1. The van der Waals surface area contributed by atoms with E-state index in [1.54, 1.807) is 6.08 Å². The second kappa shape index (κ2) is 9.24. The lowest BCUT2D eigenvalue weighted by Crippen LogP contribution is -2.50. The molecule has 1 aromatic carbocycles. The molecule has 0 amide bonds. The third kappa shape index (κ3) is 4.15. The molecule has 0 spiro atoms. The molecular formula is C32H39ClN2O2. The fourth-order valence-corrected chi connectivity index (χ4v) is 8.92. The van der Waals surface area contributed by atoms with Gasteiger partial charge in [0.05, 0.1) is 6.54 Å². The van der Waals surface area contributed by atoms with E-state index in [-0.39, 0.29) is 22.5 Å². The summed E-state index contributed by atoms with van der Waals surface area (Å²) >= 11 is 6.20. The fraction of sp³-hybridized carbons (Fsp3) is 0.562. The molecule has 6 rings (SSSR count). The molecular weight excluding hydrogens is 480 g/mol. The van der Waals surface area contributed by atoms with E-state index < -0.39 is 0 Å². The molecule has 0 bridgehead atoms. The highest BCUT2D eigenvalue weighted by atomic mass is 35.5. The lowest BCUT2D eigenvalue weighted by atomic mass is 9.52. The number of Topliss-reactive ketones (excluding diaryl/α,β-unsaturated/α-hetero) is 1. The lowest BCUT2D eigenvalue weighted by Gasteiger charge is -2.52. The highest BCUT2D eigenvalue weighted by Crippen LogP contribution is 2.65. The van der Waals surface area contributed by atoms with Crippen LogP contribution in [0.2, 0.25) is 5.02 Å². The molecule has 0 N–H and O–H groups in total. The number of halogens is 1. The largest absolute Gasteiger partial charge is 0.369 e. The molecule has 1 unspecified atom stereocenters. The van der Waals surface area contributed by atoms with Crippen LogP contribution in [0.3, 0.4) is 0 Å². The summed E-state index contributed by atoms with van der Waals surface area (Å²) < 4.78 is 0. The Hall–Kier alpha value is -2.17. The molecule has 1 aromatic rings. The normalized spacial score (nSPS) is 37.4. The molecule has 4 nitrogen and oxygen atoms in total. The molecule has 1 aliphatic heterocycles. The van der Waals surface area contributed by atoms with Crippen molar-refractivity contribution in [1.82, 2.24) is 4.90 Å². The van der Waals surface area contributed by atoms with Crippen LogP contribution in [-0.4, -0.2) is 49.2 Å². The number of nitrogens with zero attached hydrogens (tertiary/aromatic N) is 2. The molecule has 5 aliphatic rings. The first kappa shape index (κ1) is 25.1. The average molecular weight is 519 g/mol. The first-order chi connectivity index (χ1) is 17.7. The Balaban J connectivity index is 1.16. The number of piperazine rings is 1. The van der Waals surface area contributed by atoms with Crippen molar-refractivity contribution in [2.24, 2.45) is 34.5 Å². The van der Waals surface area contributed by atoms with Crippen LogP contribution >= 0.6 is 11.6 Å². The number of allylic oxidation sites excluding steroid dienone is 6. The molecule has 2 saturated carbocycles. The number of carbonyl (C=O) groups is 2. The van der Waals surface area contributed by atoms with Crippen LogP contribution in [0, 0.1) is 34.5 Å². The van der Waals surface area contributed by atoms with Gasteiger partial charge in [-0.05, 0) is 86.1 Å². The Labute approximate surface area is 226 Å². The number of hydrogen-bond acceptors (Lipinski definition) is 4. The van der Waals surface area contributed by atoms with Crippen LogP contribution in [0.1, 0.15) is 46.5 Å². The Morgan fingerprint density at radius 1 is 1.16 bits per heavy atom. The molecule has 3 fully saturated rings. The van der Waals surface area contributed by atoms with Crippen molar-refractivity contribution in [2.45, 2.75) is 46.5 Å². The number of anilines is 1. The van der Waals surface area contributed by atoms with E-state index in [4.69, 9.17) is 11.6 Å². The van der Waals surface area contributed by atoms with E-state index in [0.717, 1.165) is 56.9 Å². The Kier molecular flexibility index (Phi) is 6.27. The first-order valence-electron chi connectivity index (χ1n) is 14.1. The molecule has 5 heteroatoms. The minimum absolute atomic E-state index is 0.0268. The van der Waals surface area contributed by atoms with Crippen LogP contribution < -0.4 is 4.90 Å². The summed E-state index contributed by atoms with van der Waals surface area (Å²) in [4.78, 5) is 30.7. The Bertz CT molecular complexity index is 1210.